The van der Waals surface area contributed by atoms with Gasteiger partial charge in [-0.25, -0.2) is 17.9 Å². The van der Waals surface area contributed by atoms with Crippen molar-refractivity contribution in [2.45, 2.75) is 49.5 Å². The third kappa shape index (κ3) is 4.88. The maximum atomic E-state index is 13.8. The fraction of sp³-hybridized carbons (Fsp3) is 0.357. The van der Waals surface area contributed by atoms with Crippen LogP contribution in [-0.4, -0.2) is 55.1 Å². The summed E-state index contributed by atoms with van der Waals surface area (Å²) in [4.78, 5) is 12.4. The second-order valence-electron chi connectivity index (χ2n) is 10.6. The Morgan fingerprint density at radius 1 is 1.18 bits per heavy atom. The van der Waals surface area contributed by atoms with Crippen LogP contribution in [0.1, 0.15) is 64.5 Å². The van der Waals surface area contributed by atoms with Crippen molar-refractivity contribution in [1.82, 2.24) is 29.1 Å². The monoisotopic (exact) mass is 624 g/mol. The van der Waals surface area contributed by atoms with Crippen LogP contribution in [0.4, 0.5) is 0 Å². The van der Waals surface area contributed by atoms with Crippen LogP contribution in [0.5, 0.6) is 0 Å². The van der Waals surface area contributed by atoms with Crippen LogP contribution < -0.4 is 0 Å². The van der Waals surface area contributed by atoms with Gasteiger partial charge in [0.2, 0.25) is 10.0 Å². The van der Waals surface area contributed by atoms with E-state index in [9.17, 15) is 18.3 Å². The van der Waals surface area contributed by atoms with Crippen LogP contribution in [0.3, 0.4) is 0 Å². The molecule has 12 heteroatoms. The number of aromatic carboxylic acids is 1. The number of carboxylic acids is 1. The number of carboxylic acid groups (broad SMARTS) is 1. The summed E-state index contributed by atoms with van der Waals surface area (Å²) in [7, 11) is -1.92. The number of rotatable bonds is 7. The molecule has 1 aliphatic carbocycles. The molecule has 0 spiro atoms. The summed E-state index contributed by atoms with van der Waals surface area (Å²) in [6.45, 7) is 2.71. The lowest BCUT2D eigenvalue weighted by Crippen LogP contribution is -2.33. The largest absolute Gasteiger partial charge is 0.478 e. The van der Waals surface area contributed by atoms with Gasteiger partial charge < -0.3 is 5.11 Å². The molecular weight excluding hydrogens is 596 g/mol. The molecule has 0 radical (unpaired) electrons. The van der Waals surface area contributed by atoms with E-state index in [1.54, 1.807) is 26.8 Å². The zero-order valence-corrected chi connectivity index (χ0v) is 24.5. The van der Waals surface area contributed by atoms with Crippen LogP contribution in [0.15, 0.2) is 64.2 Å². The van der Waals surface area contributed by atoms with E-state index in [1.165, 1.54) is 6.20 Å². The summed E-state index contributed by atoms with van der Waals surface area (Å²) in [5, 5.41) is 22.6. The fourth-order valence-corrected chi connectivity index (χ4v) is 7.97. The average molecular weight is 626 g/mol. The molecule has 3 heterocycles. The summed E-state index contributed by atoms with van der Waals surface area (Å²) in [5.74, 6) is -0.823. The predicted molar refractivity (Wildman–Crippen MR) is 151 cm³/mol. The van der Waals surface area contributed by atoms with Gasteiger partial charge in [0, 0.05) is 42.6 Å². The van der Waals surface area contributed by atoms with Gasteiger partial charge in [-0.3, -0.25) is 4.68 Å². The number of carbonyl (C=O) groups is 1. The summed E-state index contributed by atoms with van der Waals surface area (Å²) in [6, 6.07) is 13.0. The number of sulfonamides is 1. The summed E-state index contributed by atoms with van der Waals surface area (Å²) in [6.07, 6.45) is 5.57. The molecule has 0 unspecified atom stereocenters. The number of hydrogen-bond donors (Lipinski definition) is 1. The van der Waals surface area contributed by atoms with Gasteiger partial charge in [0.25, 0.3) is 0 Å². The van der Waals surface area contributed by atoms with Crippen LogP contribution in [0.2, 0.25) is 0 Å². The van der Waals surface area contributed by atoms with Crippen molar-refractivity contribution in [3.8, 4) is 5.69 Å². The van der Waals surface area contributed by atoms with E-state index in [-0.39, 0.29) is 29.9 Å². The minimum atomic E-state index is -3.73. The van der Waals surface area contributed by atoms with Crippen LogP contribution in [0, 0.1) is 5.92 Å². The lowest BCUT2D eigenvalue weighted by Gasteiger charge is -2.23. The molecule has 0 saturated heterocycles. The Morgan fingerprint density at radius 2 is 2.00 bits per heavy atom. The standard InChI is InChI=1S/C28H29BrN6O4S/c1-3-17-9-19-7-8-20(29)11-26(19)40(38,39)34(14-17)15-18-5-4-6-21(10-18)35-27(24(13-30-35)28(36)37)23-12-22(23)25-16-33(2)32-31-25/h4-8,10-11,13,16-17,22-23H,3,9,12,14-15H2,1-2H3,(H,36,37)/t17-,22+,23+/m0/s1. The van der Waals surface area contributed by atoms with Crippen molar-refractivity contribution >= 4 is 31.9 Å². The predicted octanol–water partition coefficient (Wildman–Crippen LogP) is 4.51. The zero-order valence-electron chi connectivity index (χ0n) is 22.1. The van der Waals surface area contributed by atoms with Gasteiger partial charge in [0.15, 0.2) is 0 Å². The minimum Gasteiger partial charge on any atom is -0.478 e. The van der Waals surface area contributed by atoms with E-state index in [1.807, 2.05) is 42.6 Å². The van der Waals surface area contributed by atoms with Gasteiger partial charge in [0.05, 0.1) is 28.2 Å². The van der Waals surface area contributed by atoms with E-state index in [0.29, 0.717) is 29.2 Å². The molecule has 2 aromatic carbocycles. The first-order valence-corrected chi connectivity index (χ1v) is 15.4. The van der Waals surface area contributed by atoms with Gasteiger partial charge in [-0.05, 0) is 54.2 Å². The molecule has 1 aliphatic heterocycles. The van der Waals surface area contributed by atoms with Gasteiger partial charge in [-0.2, -0.15) is 9.40 Å². The first-order chi connectivity index (χ1) is 19.2. The molecular formula is C28H29BrN6O4S. The average Bonchev–Trinajstić information content (AvgIpc) is 3.40. The van der Waals surface area contributed by atoms with Gasteiger partial charge in [-0.15, -0.1) is 5.10 Å². The summed E-state index contributed by atoms with van der Waals surface area (Å²) < 4.78 is 33.2. The quantitative estimate of drug-likeness (QED) is 0.321. The SMILES string of the molecule is CC[C@H]1Cc2ccc(Br)cc2S(=O)(=O)N(Cc2cccc(-n3ncc(C(=O)O)c3[C@@H]3C[C@H]3c3cn(C)nn3)c2)C1. The number of halogens is 1. The molecule has 0 amide bonds. The highest BCUT2D eigenvalue weighted by Gasteiger charge is 2.46. The highest BCUT2D eigenvalue weighted by atomic mass is 79.9. The Labute approximate surface area is 240 Å². The third-order valence-corrected chi connectivity index (χ3v) is 10.3. The molecule has 40 heavy (non-hydrogen) atoms. The first-order valence-electron chi connectivity index (χ1n) is 13.2. The third-order valence-electron chi connectivity index (χ3n) is 7.89. The molecule has 2 aromatic heterocycles. The van der Waals surface area contributed by atoms with E-state index >= 15 is 0 Å². The van der Waals surface area contributed by atoms with Crippen molar-refractivity contribution < 1.29 is 18.3 Å². The molecule has 10 nitrogen and oxygen atoms in total. The number of benzene rings is 2. The van der Waals surface area contributed by atoms with Crippen LogP contribution >= 0.6 is 15.9 Å². The molecule has 1 saturated carbocycles. The van der Waals surface area contributed by atoms with Crippen molar-refractivity contribution in [3.63, 3.8) is 0 Å². The van der Waals surface area contributed by atoms with Gasteiger partial charge >= 0.3 is 5.97 Å². The smallest absolute Gasteiger partial charge is 0.339 e. The summed E-state index contributed by atoms with van der Waals surface area (Å²) >= 11 is 3.43. The fourth-order valence-electron chi connectivity index (χ4n) is 5.70. The Morgan fingerprint density at radius 3 is 2.73 bits per heavy atom. The molecule has 3 atom stereocenters. The van der Waals surface area contributed by atoms with Crippen LogP contribution in [0.25, 0.3) is 5.69 Å². The van der Waals surface area contributed by atoms with Gasteiger partial charge in [-0.1, -0.05) is 52.7 Å². The molecule has 1 N–H and O–H groups in total. The number of hydrogen-bond acceptors (Lipinski definition) is 6. The van der Waals surface area contributed by atoms with Crippen LogP contribution in [-0.2, 0) is 30.0 Å². The molecule has 0 bridgehead atoms. The number of fused-ring (bicyclic) bond motifs is 1. The Balaban J connectivity index is 1.34. The van der Waals surface area contributed by atoms with E-state index in [2.05, 4.69) is 38.3 Å². The molecule has 4 aromatic rings. The molecule has 2 aliphatic rings. The second-order valence-corrected chi connectivity index (χ2v) is 13.4. The molecule has 208 valence electrons. The first kappa shape index (κ1) is 26.9. The number of aryl methyl sites for hydroxylation is 1. The van der Waals surface area contributed by atoms with Crippen molar-refractivity contribution in [3.05, 3.63) is 87.4 Å². The Hall–Kier alpha value is -3.35. The number of nitrogens with zero attached hydrogens (tertiary/aromatic N) is 6. The highest BCUT2D eigenvalue weighted by Crippen LogP contribution is 2.55. The zero-order chi connectivity index (χ0) is 28.2. The highest BCUT2D eigenvalue weighted by molar-refractivity contribution is 9.10. The maximum absolute atomic E-state index is 13.8. The summed E-state index contributed by atoms with van der Waals surface area (Å²) in [5.41, 5.74) is 3.93. The Bertz CT molecular complexity index is 1720. The topological polar surface area (TPSA) is 123 Å². The van der Waals surface area contributed by atoms with Gasteiger partial charge in [0.1, 0.15) is 5.56 Å². The van der Waals surface area contributed by atoms with Crippen molar-refractivity contribution in [2.24, 2.45) is 13.0 Å². The maximum Gasteiger partial charge on any atom is 0.339 e. The van der Waals surface area contributed by atoms with E-state index < -0.39 is 16.0 Å². The second kappa shape index (κ2) is 10.2. The molecule has 6 rings (SSSR count). The van der Waals surface area contributed by atoms with E-state index in [4.69, 9.17) is 0 Å². The Kier molecular flexibility index (Phi) is 6.87. The number of aromatic nitrogens is 5. The minimum absolute atomic E-state index is 0.0554. The lowest BCUT2D eigenvalue weighted by molar-refractivity contribution is 0.0695. The molecule has 1 fully saturated rings. The van der Waals surface area contributed by atoms with Crippen molar-refractivity contribution in [1.29, 1.82) is 0 Å². The van der Waals surface area contributed by atoms with Crippen molar-refractivity contribution in [2.75, 3.05) is 6.54 Å². The lowest BCUT2D eigenvalue weighted by atomic mass is 9.97. The normalized spacial score (nSPS) is 22.0. The van der Waals surface area contributed by atoms with E-state index in [0.717, 1.165) is 34.1 Å².